The van der Waals surface area contributed by atoms with E-state index < -0.39 is 0 Å². The van der Waals surface area contributed by atoms with E-state index >= 15 is 0 Å². The van der Waals surface area contributed by atoms with Gasteiger partial charge in [-0.15, -0.1) is 11.3 Å². The number of methoxy groups -OCH3 is 1. The lowest BCUT2D eigenvalue weighted by Gasteiger charge is -2.04. The molecule has 0 bridgehead atoms. The van der Waals surface area contributed by atoms with Crippen molar-refractivity contribution < 1.29 is 9.53 Å². The number of rotatable bonds is 6. The van der Waals surface area contributed by atoms with Crippen molar-refractivity contribution in [3.05, 3.63) is 80.8 Å². The first-order chi connectivity index (χ1) is 12.1. The van der Waals surface area contributed by atoms with Gasteiger partial charge in [-0.2, -0.15) is 0 Å². The van der Waals surface area contributed by atoms with Gasteiger partial charge in [-0.05, 0) is 35.4 Å². The van der Waals surface area contributed by atoms with Crippen LogP contribution in [0.3, 0.4) is 0 Å². The summed E-state index contributed by atoms with van der Waals surface area (Å²) < 4.78 is 6.16. The van der Waals surface area contributed by atoms with Crippen LogP contribution in [0, 0.1) is 0 Å². The lowest BCUT2D eigenvalue weighted by molar-refractivity contribution is 0.102. The number of carbonyl (C=O) groups excluding carboxylic acids is 1. The van der Waals surface area contributed by atoms with Gasteiger partial charge in [-0.1, -0.05) is 40.2 Å². The van der Waals surface area contributed by atoms with Crippen LogP contribution in [0.1, 0.15) is 26.4 Å². The summed E-state index contributed by atoms with van der Waals surface area (Å²) in [5.41, 5.74) is 2.77. The minimum atomic E-state index is -0.164. The largest absolute Gasteiger partial charge is 0.380 e. The first-order valence-electron chi connectivity index (χ1n) is 7.72. The number of thiazole rings is 1. The second-order valence-electron chi connectivity index (χ2n) is 5.52. The number of halogens is 1. The molecular weight excluding hydrogens is 400 g/mol. The summed E-state index contributed by atoms with van der Waals surface area (Å²) in [4.78, 5) is 17.8. The van der Waals surface area contributed by atoms with Gasteiger partial charge in [0, 0.05) is 34.6 Å². The Hall–Kier alpha value is -2.02. The molecule has 3 aromatic rings. The van der Waals surface area contributed by atoms with Crippen LogP contribution in [-0.2, 0) is 17.8 Å². The monoisotopic (exact) mass is 416 g/mol. The second-order valence-corrected chi connectivity index (χ2v) is 7.55. The maximum atomic E-state index is 12.4. The number of hydrogen-bond acceptors (Lipinski definition) is 4. The first-order valence-corrected chi connectivity index (χ1v) is 9.33. The zero-order valence-electron chi connectivity index (χ0n) is 13.7. The van der Waals surface area contributed by atoms with E-state index in [1.807, 2.05) is 36.5 Å². The molecule has 0 radical (unpaired) electrons. The topological polar surface area (TPSA) is 51.2 Å². The third kappa shape index (κ3) is 4.98. The number of anilines is 1. The predicted molar refractivity (Wildman–Crippen MR) is 104 cm³/mol. The SMILES string of the molecule is COCc1cccc(C(=O)Nc2ncc(Cc3ccc(Br)cc3)s2)c1. The van der Waals surface area contributed by atoms with Crippen molar-refractivity contribution in [3.63, 3.8) is 0 Å². The van der Waals surface area contributed by atoms with E-state index in [0.29, 0.717) is 17.3 Å². The number of benzene rings is 2. The molecule has 1 heterocycles. The fourth-order valence-electron chi connectivity index (χ4n) is 2.39. The summed E-state index contributed by atoms with van der Waals surface area (Å²) in [6.07, 6.45) is 2.60. The molecule has 6 heteroatoms. The Labute approximate surface area is 159 Å². The zero-order valence-corrected chi connectivity index (χ0v) is 16.1. The van der Waals surface area contributed by atoms with Crippen molar-refractivity contribution in [1.82, 2.24) is 4.98 Å². The fourth-order valence-corrected chi connectivity index (χ4v) is 3.49. The molecule has 1 aromatic heterocycles. The van der Waals surface area contributed by atoms with E-state index in [-0.39, 0.29) is 5.91 Å². The van der Waals surface area contributed by atoms with Crippen molar-refractivity contribution >= 4 is 38.3 Å². The molecule has 0 fully saturated rings. The summed E-state index contributed by atoms with van der Waals surface area (Å²) in [6, 6.07) is 15.6. The van der Waals surface area contributed by atoms with Crippen LogP contribution in [-0.4, -0.2) is 18.0 Å². The third-order valence-corrected chi connectivity index (χ3v) is 5.01. The van der Waals surface area contributed by atoms with E-state index in [0.717, 1.165) is 21.3 Å². The molecule has 0 aliphatic carbocycles. The lowest BCUT2D eigenvalue weighted by Crippen LogP contribution is -2.11. The molecule has 4 nitrogen and oxygen atoms in total. The normalized spacial score (nSPS) is 10.6. The quantitative estimate of drug-likeness (QED) is 0.621. The Morgan fingerprint density at radius 3 is 2.76 bits per heavy atom. The molecule has 2 aromatic carbocycles. The van der Waals surface area contributed by atoms with Gasteiger partial charge in [0.05, 0.1) is 6.61 Å². The van der Waals surface area contributed by atoms with E-state index in [4.69, 9.17) is 4.74 Å². The van der Waals surface area contributed by atoms with Crippen LogP contribution in [0.25, 0.3) is 0 Å². The lowest BCUT2D eigenvalue weighted by atomic mass is 10.1. The Morgan fingerprint density at radius 2 is 2.00 bits per heavy atom. The number of nitrogens with zero attached hydrogens (tertiary/aromatic N) is 1. The van der Waals surface area contributed by atoms with Gasteiger partial charge in [-0.3, -0.25) is 10.1 Å². The highest BCUT2D eigenvalue weighted by Crippen LogP contribution is 2.22. The smallest absolute Gasteiger partial charge is 0.257 e. The number of aromatic nitrogens is 1. The Bertz CT molecular complexity index is 862. The van der Waals surface area contributed by atoms with Gasteiger partial charge >= 0.3 is 0 Å². The minimum Gasteiger partial charge on any atom is -0.380 e. The third-order valence-electron chi connectivity index (χ3n) is 3.57. The van der Waals surface area contributed by atoms with Crippen LogP contribution in [0.15, 0.2) is 59.2 Å². The maximum absolute atomic E-state index is 12.4. The van der Waals surface area contributed by atoms with Gasteiger partial charge in [-0.25, -0.2) is 4.98 Å². The van der Waals surface area contributed by atoms with Crippen LogP contribution >= 0.6 is 27.3 Å². The van der Waals surface area contributed by atoms with Crippen molar-refractivity contribution in [2.24, 2.45) is 0 Å². The van der Waals surface area contributed by atoms with E-state index in [9.17, 15) is 4.79 Å². The number of ether oxygens (including phenoxy) is 1. The van der Waals surface area contributed by atoms with Crippen LogP contribution < -0.4 is 5.32 Å². The van der Waals surface area contributed by atoms with Crippen molar-refractivity contribution in [2.45, 2.75) is 13.0 Å². The van der Waals surface area contributed by atoms with E-state index in [1.54, 1.807) is 13.2 Å². The average Bonchev–Trinajstić information content (AvgIpc) is 3.04. The molecule has 128 valence electrons. The Kier molecular flexibility index (Phi) is 5.96. The molecule has 0 aliphatic heterocycles. The van der Waals surface area contributed by atoms with Crippen molar-refractivity contribution in [1.29, 1.82) is 0 Å². The molecule has 25 heavy (non-hydrogen) atoms. The molecule has 0 spiro atoms. The Balaban J connectivity index is 1.65. The van der Waals surface area contributed by atoms with Gasteiger partial charge in [0.25, 0.3) is 5.91 Å². The van der Waals surface area contributed by atoms with Gasteiger partial charge in [0.15, 0.2) is 5.13 Å². The average molecular weight is 417 g/mol. The minimum absolute atomic E-state index is 0.164. The van der Waals surface area contributed by atoms with E-state index in [1.165, 1.54) is 16.9 Å². The Morgan fingerprint density at radius 1 is 1.20 bits per heavy atom. The number of amides is 1. The molecule has 0 saturated carbocycles. The van der Waals surface area contributed by atoms with Crippen LogP contribution in [0.2, 0.25) is 0 Å². The van der Waals surface area contributed by atoms with Gasteiger partial charge < -0.3 is 4.74 Å². The molecule has 0 unspecified atom stereocenters. The highest BCUT2D eigenvalue weighted by atomic mass is 79.9. The first kappa shape index (κ1) is 17.8. The molecular formula is C19H17BrN2O2S. The molecule has 0 aliphatic rings. The summed E-state index contributed by atoms with van der Waals surface area (Å²) in [7, 11) is 1.63. The van der Waals surface area contributed by atoms with Crippen LogP contribution in [0.5, 0.6) is 0 Å². The number of hydrogen-bond donors (Lipinski definition) is 1. The fraction of sp³-hybridized carbons (Fsp3) is 0.158. The molecule has 1 N–H and O–H groups in total. The molecule has 0 atom stereocenters. The standard InChI is InChI=1S/C19H17BrN2O2S/c1-24-12-14-3-2-4-15(9-14)18(23)22-19-21-11-17(25-19)10-13-5-7-16(20)8-6-13/h2-9,11H,10,12H2,1H3,(H,21,22,23). The van der Waals surface area contributed by atoms with Gasteiger partial charge in [0.1, 0.15) is 0 Å². The molecule has 1 amide bonds. The molecule has 0 saturated heterocycles. The van der Waals surface area contributed by atoms with Crippen molar-refractivity contribution in [3.8, 4) is 0 Å². The number of nitrogens with one attached hydrogen (secondary N) is 1. The highest BCUT2D eigenvalue weighted by molar-refractivity contribution is 9.10. The predicted octanol–water partition coefficient (Wildman–Crippen LogP) is 4.90. The number of carbonyl (C=O) groups is 1. The summed E-state index contributed by atoms with van der Waals surface area (Å²) in [5.74, 6) is -0.164. The highest BCUT2D eigenvalue weighted by Gasteiger charge is 2.10. The van der Waals surface area contributed by atoms with Crippen molar-refractivity contribution in [2.75, 3.05) is 12.4 Å². The van der Waals surface area contributed by atoms with Crippen LogP contribution in [0.4, 0.5) is 5.13 Å². The summed E-state index contributed by atoms with van der Waals surface area (Å²) in [6.45, 7) is 0.482. The maximum Gasteiger partial charge on any atom is 0.257 e. The van der Waals surface area contributed by atoms with E-state index in [2.05, 4.69) is 38.4 Å². The summed E-state index contributed by atoms with van der Waals surface area (Å²) >= 11 is 4.92. The summed E-state index contributed by atoms with van der Waals surface area (Å²) in [5, 5.41) is 3.47. The second kappa shape index (κ2) is 8.38. The molecule has 3 rings (SSSR count). The zero-order chi connectivity index (χ0) is 17.6. The van der Waals surface area contributed by atoms with Gasteiger partial charge in [0.2, 0.25) is 0 Å².